The van der Waals surface area contributed by atoms with Crippen LogP contribution in [-0.2, 0) is 21.7 Å². The molecule has 0 unspecified atom stereocenters. The molecule has 2 heterocycles. The topological polar surface area (TPSA) is 76.7 Å². The van der Waals surface area contributed by atoms with Gasteiger partial charge in [-0.05, 0) is 48.7 Å². The second-order valence-corrected chi connectivity index (χ2v) is 8.73. The van der Waals surface area contributed by atoms with Crippen LogP contribution in [0.1, 0.15) is 36.9 Å². The van der Waals surface area contributed by atoms with Crippen LogP contribution in [0.15, 0.2) is 54.6 Å². The highest BCUT2D eigenvalue weighted by molar-refractivity contribution is 6.30. The zero-order valence-corrected chi connectivity index (χ0v) is 17.9. The van der Waals surface area contributed by atoms with E-state index in [1.54, 1.807) is 0 Å². The van der Waals surface area contributed by atoms with Crippen LogP contribution >= 0.6 is 11.6 Å². The zero-order valence-electron chi connectivity index (χ0n) is 17.1. The first-order valence-electron chi connectivity index (χ1n) is 10.6. The van der Waals surface area contributed by atoms with Crippen LogP contribution in [-0.4, -0.2) is 39.0 Å². The Labute approximate surface area is 186 Å². The Morgan fingerprint density at radius 2 is 1.58 bits per heavy atom. The molecule has 0 bridgehead atoms. The van der Waals surface area contributed by atoms with E-state index < -0.39 is 11.4 Å². The predicted octanol–water partition coefficient (Wildman–Crippen LogP) is 4.19. The summed E-state index contributed by atoms with van der Waals surface area (Å²) in [5, 5.41) is 26.4. The molecule has 0 atom stereocenters. The molecule has 7 heteroatoms. The van der Waals surface area contributed by atoms with E-state index in [4.69, 9.17) is 26.2 Å². The van der Waals surface area contributed by atoms with E-state index in [9.17, 15) is 10.2 Å². The fourth-order valence-electron chi connectivity index (χ4n) is 4.46. The van der Waals surface area contributed by atoms with Crippen molar-refractivity contribution in [2.45, 2.75) is 43.7 Å². The van der Waals surface area contributed by atoms with E-state index >= 15 is 0 Å². The Balaban J connectivity index is 1.53. The van der Waals surface area contributed by atoms with Crippen molar-refractivity contribution in [2.24, 2.45) is 0 Å². The fourth-order valence-corrected chi connectivity index (χ4v) is 4.59. The number of ether oxygens (including phenoxy) is 2. The first-order valence-corrected chi connectivity index (χ1v) is 11.0. The van der Waals surface area contributed by atoms with Gasteiger partial charge in [0.15, 0.2) is 5.79 Å². The number of nitrogens with zero attached hydrogens (tertiary/aromatic N) is 2. The first kappa shape index (κ1) is 20.7. The molecular formula is C24H25ClN2O4. The van der Waals surface area contributed by atoms with Gasteiger partial charge in [0.25, 0.3) is 0 Å². The number of rotatable bonds is 4. The van der Waals surface area contributed by atoms with E-state index in [-0.39, 0.29) is 6.61 Å². The van der Waals surface area contributed by atoms with Crippen LogP contribution in [0, 0.1) is 0 Å². The van der Waals surface area contributed by atoms with Crippen molar-refractivity contribution in [3.05, 3.63) is 70.9 Å². The third kappa shape index (κ3) is 3.90. The molecule has 1 aliphatic heterocycles. The number of halogens is 1. The normalized spacial score (nSPS) is 19.7. The molecule has 5 rings (SSSR count). The zero-order chi connectivity index (χ0) is 21.5. The molecule has 31 heavy (non-hydrogen) atoms. The minimum atomic E-state index is -1.04. The average molecular weight is 441 g/mol. The number of benzene rings is 2. The van der Waals surface area contributed by atoms with Crippen LogP contribution in [0.4, 0.5) is 0 Å². The third-order valence-corrected chi connectivity index (χ3v) is 6.59. The van der Waals surface area contributed by atoms with E-state index in [1.165, 1.54) is 0 Å². The Morgan fingerprint density at radius 3 is 2.19 bits per heavy atom. The van der Waals surface area contributed by atoms with Crippen molar-refractivity contribution in [3.63, 3.8) is 0 Å². The number of hydrogen-bond acceptors (Lipinski definition) is 5. The third-order valence-electron chi connectivity index (χ3n) is 6.34. The summed E-state index contributed by atoms with van der Waals surface area (Å²) in [6.45, 7) is 1.21. The molecule has 1 aromatic heterocycles. The molecule has 1 aliphatic carbocycles. The molecule has 0 radical (unpaired) electrons. The molecule has 1 saturated heterocycles. The SMILES string of the molecule is OCc1ccc(-c2cc(C3(O)CCC4(CC3)OCCO4)nn2-c2ccc(Cl)cc2)cc1. The van der Waals surface area contributed by atoms with Crippen LogP contribution in [0.5, 0.6) is 0 Å². The van der Waals surface area contributed by atoms with Gasteiger partial charge in [-0.1, -0.05) is 35.9 Å². The molecule has 1 saturated carbocycles. The summed E-state index contributed by atoms with van der Waals surface area (Å²) in [7, 11) is 0. The molecule has 2 N–H and O–H groups in total. The summed E-state index contributed by atoms with van der Waals surface area (Å²) in [6.07, 6.45) is 2.32. The molecule has 6 nitrogen and oxygen atoms in total. The number of aliphatic hydroxyl groups is 2. The first-order chi connectivity index (χ1) is 15.0. The Hall–Kier alpha value is -2.22. The van der Waals surface area contributed by atoms with E-state index in [2.05, 4.69) is 0 Å². The highest BCUT2D eigenvalue weighted by Crippen LogP contribution is 2.45. The monoisotopic (exact) mass is 440 g/mol. The van der Waals surface area contributed by atoms with Gasteiger partial charge >= 0.3 is 0 Å². The minimum absolute atomic E-state index is 0.00633. The summed E-state index contributed by atoms with van der Waals surface area (Å²) in [6, 6.07) is 17.1. The summed E-state index contributed by atoms with van der Waals surface area (Å²) in [5.74, 6) is -0.548. The van der Waals surface area contributed by atoms with Crippen LogP contribution in [0.2, 0.25) is 5.02 Å². The Kier molecular flexibility index (Phi) is 5.36. The summed E-state index contributed by atoms with van der Waals surface area (Å²) in [5.41, 5.74) is 3.10. The molecule has 0 amide bonds. The molecular weight excluding hydrogens is 416 g/mol. The van der Waals surface area contributed by atoms with Gasteiger partial charge in [-0.25, -0.2) is 4.68 Å². The fraction of sp³-hybridized carbons (Fsp3) is 0.375. The van der Waals surface area contributed by atoms with Gasteiger partial charge in [0.2, 0.25) is 0 Å². The molecule has 2 fully saturated rings. The smallest absolute Gasteiger partial charge is 0.168 e. The van der Waals surface area contributed by atoms with Gasteiger partial charge in [0.05, 0.1) is 36.9 Å². The van der Waals surface area contributed by atoms with Gasteiger partial charge in [-0.3, -0.25) is 0 Å². The molecule has 2 aliphatic rings. The second-order valence-electron chi connectivity index (χ2n) is 8.30. The van der Waals surface area contributed by atoms with E-state index in [0.29, 0.717) is 49.6 Å². The van der Waals surface area contributed by atoms with Crippen molar-refractivity contribution in [1.29, 1.82) is 0 Å². The molecule has 162 valence electrons. The number of aliphatic hydroxyl groups excluding tert-OH is 1. The largest absolute Gasteiger partial charge is 0.392 e. The van der Waals surface area contributed by atoms with Gasteiger partial charge in [0.1, 0.15) is 5.60 Å². The molecule has 2 aromatic carbocycles. The lowest BCUT2D eigenvalue weighted by molar-refractivity contribution is -0.204. The highest BCUT2D eigenvalue weighted by atomic mass is 35.5. The van der Waals surface area contributed by atoms with Gasteiger partial charge in [-0.2, -0.15) is 5.10 Å². The van der Waals surface area contributed by atoms with Crippen LogP contribution < -0.4 is 0 Å². The molecule has 3 aromatic rings. The lowest BCUT2D eigenvalue weighted by Crippen LogP contribution is -2.42. The lowest BCUT2D eigenvalue weighted by atomic mass is 9.79. The second kappa shape index (κ2) is 8.04. The standard InChI is InChI=1S/C24H25ClN2O4/c25-19-5-7-20(8-6-19)27-21(18-3-1-17(16-28)2-4-18)15-22(26-27)23(29)9-11-24(12-10-23)30-13-14-31-24/h1-8,15,28-29H,9-14,16H2. The summed E-state index contributed by atoms with van der Waals surface area (Å²) >= 11 is 6.08. The molecule has 1 spiro atoms. The minimum Gasteiger partial charge on any atom is -0.392 e. The number of aromatic nitrogens is 2. The average Bonchev–Trinajstić information content (AvgIpc) is 3.45. The van der Waals surface area contributed by atoms with Gasteiger partial charge in [-0.15, -0.1) is 0 Å². The summed E-state index contributed by atoms with van der Waals surface area (Å²) < 4.78 is 13.5. The van der Waals surface area contributed by atoms with Crippen molar-refractivity contribution < 1.29 is 19.7 Å². The van der Waals surface area contributed by atoms with Gasteiger partial charge < -0.3 is 19.7 Å². The van der Waals surface area contributed by atoms with Crippen molar-refractivity contribution in [3.8, 4) is 16.9 Å². The van der Waals surface area contributed by atoms with Crippen LogP contribution in [0.25, 0.3) is 16.9 Å². The predicted molar refractivity (Wildman–Crippen MR) is 117 cm³/mol. The number of hydrogen-bond donors (Lipinski definition) is 2. The Bertz CT molecular complexity index is 1050. The van der Waals surface area contributed by atoms with Crippen molar-refractivity contribution >= 4 is 11.6 Å². The van der Waals surface area contributed by atoms with Crippen molar-refractivity contribution in [1.82, 2.24) is 9.78 Å². The van der Waals surface area contributed by atoms with Gasteiger partial charge in [0, 0.05) is 23.4 Å². The van der Waals surface area contributed by atoms with E-state index in [0.717, 1.165) is 22.5 Å². The van der Waals surface area contributed by atoms with Crippen LogP contribution in [0.3, 0.4) is 0 Å². The Morgan fingerprint density at radius 1 is 0.935 bits per heavy atom. The van der Waals surface area contributed by atoms with Crippen molar-refractivity contribution in [2.75, 3.05) is 13.2 Å². The lowest BCUT2D eigenvalue weighted by Gasteiger charge is -2.39. The maximum Gasteiger partial charge on any atom is 0.168 e. The quantitative estimate of drug-likeness (QED) is 0.636. The highest BCUT2D eigenvalue weighted by Gasteiger charge is 2.47. The van der Waals surface area contributed by atoms with E-state index in [1.807, 2.05) is 59.3 Å². The maximum absolute atomic E-state index is 11.5. The maximum atomic E-state index is 11.5. The summed E-state index contributed by atoms with van der Waals surface area (Å²) in [4.78, 5) is 0.